The van der Waals surface area contributed by atoms with Crippen LogP contribution < -0.4 is 29.6 Å². The second-order valence-corrected chi connectivity index (χ2v) is 11.7. The summed E-state index contributed by atoms with van der Waals surface area (Å²) in [4.78, 5) is 0.0972. The molecule has 1 fully saturated rings. The zero-order valence-corrected chi connectivity index (χ0v) is 27.6. The van der Waals surface area contributed by atoms with Crippen LogP contribution >= 0.6 is 0 Å². The monoisotopic (exact) mass is 616 g/mol. The van der Waals surface area contributed by atoms with Crippen LogP contribution in [0.2, 0.25) is 0 Å². The summed E-state index contributed by atoms with van der Waals surface area (Å²) in [6, 6.07) is 35.8. The number of rotatable bonds is 11. The van der Waals surface area contributed by atoms with Gasteiger partial charge in [0.25, 0.3) is 10.1 Å². The molecule has 4 aromatic rings. The van der Waals surface area contributed by atoms with Crippen LogP contribution in [0.25, 0.3) is 0 Å². The predicted molar refractivity (Wildman–Crippen MR) is 165 cm³/mol. The molecule has 0 spiro atoms. The van der Waals surface area contributed by atoms with E-state index in [0.29, 0.717) is 18.9 Å². The van der Waals surface area contributed by atoms with Gasteiger partial charge < -0.3 is 21.5 Å². The molecule has 1 heterocycles. The Balaban J connectivity index is 0.000000355. The van der Waals surface area contributed by atoms with E-state index in [-0.39, 0.29) is 49.1 Å². The van der Waals surface area contributed by atoms with Gasteiger partial charge in [0.15, 0.2) is 0 Å². The molecule has 0 radical (unpaired) electrons. The fourth-order valence-corrected chi connectivity index (χ4v) is 4.84. The molecule has 43 heavy (non-hydrogen) atoms. The first-order valence-electron chi connectivity index (χ1n) is 13.9. The predicted octanol–water partition coefficient (Wildman–Crippen LogP) is 1.63. The van der Waals surface area contributed by atoms with Gasteiger partial charge >= 0.3 is 29.6 Å². The third kappa shape index (κ3) is 15.3. The van der Waals surface area contributed by atoms with E-state index in [1.165, 1.54) is 17.7 Å². The molecular weight excluding hydrogens is 575 g/mol. The number of hydrogen-bond donors (Lipinski definition) is 3. The summed E-state index contributed by atoms with van der Waals surface area (Å²) in [7, 11) is -3.82. The molecule has 1 aliphatic rings. The molecule has 1 saturated heterocycles. The van der Waals surface area contributed by atoms with Crippen LogP contribution in [0.4, 0.5) is 0 Å². The van der Waals surface area contributed by atoms with Gasteiger partial charge in [-0.1, -0.05) is 109 Å². The van der Waals surface area contributed by atoms with E-state index in [1.54, 1.807) is 12.1 Å². The number of benzene rings is 4. The molecule has 0 bridgehead atoms. The van der Waals surface area contributed by atoms with Crippen LogP contribution in [0.15, 0.2) is 120 Å². The van der Waals surface area contributed by atoms with Crippen LogP contribution in [0.1, 0.15) is 23.7 Å². The molecule has 226 valence electrons. The normalized spacial score (nSPS) is 14.9. The number of aliphatic hydroxyl groups excluding tert-OH is 3. The largest absolute Gasteiger partial charge is 1.00 e. The van der Waals surface area contributed by atoms with Gasteiger partial charge in [-0.15, -0.1) is 0 Å². The van der Waals surface area contributed by atoms with Gasteiger partial charge in [-0.05, 0) is 35.7 Å². The Morgan fingerprint density at radius 3 is 1.65 bits per heavy atom. The molecule has 0 aromatic heterocycles. The van der Waals surface area contributed by atoms with Gasteiger partial charge in [0, 0.05) is 19.3 Å². The topological polar surface area (TPSA) is 117 Å². The smallest absolute Gasteiger partial charge is 1.00 e. The summed E-state index contributed by atoms with van der Waals surface area (Å²) in [5, 5.41) is 27.5. The first kappa shape index (κ1) is 36.8. The van der Waals surface area contributed by atoms with E-state index in [0.717, 1.165) is 29.7 Å². The van der Waals surface area contributed by atoms with Gasteiger partial charge in [0.2, 0.25) is 0 Å². The van der Waals surface area contributed by atoms with Gasteiger partial charge in [0.1, 0.15) is 0 Å². The number of aliphatic hydroxyl groups is 3. The van der Waals surface area contributed by atoms with Crippen LogP contribution in [0.3, 0.4) is 0 Å². The summed E-state index contributed by atoms with van der Waals surface area (Å²) in [5.41, 5.74) is 4.33. The van der Waals surface area contributed by atoms with Gasteiger partial charge in [0.05, 0.1) is 43.0 Å². The van der Waals surface area contributed by atoms with Crippen molar-refractivity contribution >= 4 is 10.1 Å². The van der Waals surface area contributed by atoms with Crippen molar-refractivity contribution in [2.45, 2.75) is 49.4 Å². The van der Waals surface area contributed by atoms with E-state index in [2.05, 4.69) is 24.3 Å². The van der Waals surface area contributed by atoms with E-state index in [9.17, 15) is 13.5 Å². The van der Waals surface area contributed by atoms with Crippen molar-refractivity contribution in [2.24, 2.45) is 0 Å². The summed E-state index contributed by atoms with van der Waals surface area (Å²) in [6.07, 6.45) is 0.982. The molecule has 3 atom stereocenters. The summed E-state index contributed by atoms with van der Waals surface area (Å²) >= 11 is 0. The van der Waals surface area contributed by atoms with Gasteiger partial charge in [-0.3, -0.25) is 4.18 Å². The Bertz CT molecular complexity index is 1390. The first-order valence-corrected chi connectivity index (χ1v) is 15.3. The van der Waals surface area contributed by atoms with Crippen molar-refractivity contribution in [2.75, 3.05) is 19.8 Å². The number of hydrogen-bond acceptors (Lipinski definition) is 7. The van der Waals surface area contributed by atoms with Crippen LogP contribution in [-0.4, -0.2) is 61.9 Å². The number of aryl methyl sites for hydroxylation is 1. The first-order chi connectivity index (χ1) is 20.2. The Kier molecular flexibility index (Phi) is 17.0. The third-order valence-corrected chi connectivity index (χ3v) is 7.57. The minimum Gasteiger partial charge on any atom is -1.00 e. The maximum atomic E-state index is 12.0. The van der Waals surface area contributed by atoms with E-state index >= 15 is 0 Å². The van der Waals surface area contributed by atoms with Crippen LogP contribution in [0, 0.1) is 6.92 Å². The summed E-state index contributed by atoms with van der Waals surface area (Å²) < 4.78 is 34.0. The van der Waals surface area contributed by atoms with Gasteiger partial charge in [-0.25, -0.2) is 0 Å². The number of epoxide rings is 1. The molecule has 1 aliphatic heterocycles. The van der Waals surface area contributed by atoms with Crippen molar-refractivity contribution < 1.29 is 63.6 Å². The maximum absolute atomic E-state index is 12.0. The third-order valence-electron chi connectivity index (χ3n) is 6.27. The minimum atomic E-state index is -3.82. The van der Waals surface area contributed by atoms with E-state index in [1.807, 2.05) is 73.7 Å². The van der Waals surface area contributed by atoms with Crippen LogP contribution in [-0.2, 0) is 38.3 Å². The minimum absolute atomic E-state index is 0. The molecule has 0 amide bonds. The van der Waals surface area contributed by atoms with E-state index < -0.39 is 22.3 Å². The standard InChI is InChI=1S/C16H18O4S.C9H12O2.C9H10O.Na.H/c1-13-7-9-16(10-8-13)21(18,19)20-12-15(17)11-14-5-3-2-4-6-14;10-7-9(11)6-8-4-2-1-3-5-8;1-2-4-8(5-3-1)6-9-7-10-9;;/h2-10,15,17H,11-12H2,1H3;1-5,9-11H,6-7H2;1-5,9H,6-7H2;;/q;;;+1;-1/t15-;2*9-;;/m000../s1. The molecule has 0 unspecified atom stereocenters. The average molecular weight is 617 g/mol. The molecular formula is C34H41NaO7S. The van der Waals surface area contributed by atoms with Crippen molar-refractivity contribution in [1.82, 2.24) is 0 Å². The van der Waals surface area contributed by atoms with Crippen molar-refractivity contribution in [3.05, 3.63) is 138 Å². The zero-order valence-electron chi connectivity index (χ0n) is 25.8. The SMILES string of the molecule is Cc1ccc(S(=O)(=O)OC[C@@H](O)Cc2ccccc2)cc1.OC[C@@H](O)Cc1ccccc1.[H-].[Na+].c1ccc(C[C@H]2CO2)cc1. The fraction of sp³-hybridized carbons (Fsp3) is 0.294. The Hall–Kier alpha value is -2.37. The summed E-state index contributed by atoms with van der Waals surface area (Å²) in [6.45, 7) is 2.40. The molecule has 3 N–H and O–H groups in total. The fourth-order valence-electron chi connectivity index (χ4n) is 3.90. The Morgan fingerprint density at radius 2 is 1.21 bits per heavy atom. The van der Waals surface area contributed by atoms with Crippen molar-refractivity contribution in [3.63, 3.8) is 0 Å². The zero-order chi connectivity index (χ0) is 30.2. The molecule has 9 heteroatoms. The second kappa shape index (κ2) is 19.8. The Morgan fingerprint density at radius 1 is 0.767 bits per heavy atom. The van der Waals surface area contributed by atoms with Crippen LogP contribution in [0.5, 0.6) is 0 Å². The maximum Gasteiger partial charge on any atom is 1.00 e. The van der Waals surface area contributed by atoms with E-state index in [4.69, 9.17) is 19.1 Å². The molecule has 0 saturated carbocycles. The Labute approximate surface area is 279 Å². The second-order valence-electron chi connectivity index (χ2n) is 10.1. The number of ether oxygens (including phenoxy) is 1. The van der Waals surface area contributed by atoms with Crippen molar-refractivity contribution in [1.29, 1.82) is 0 Å². The molecule has 5 rings (SSSR count). The quantitative estimate of drug-likeness (QED) is 0.133. The molecule has 0 aliphatic carbocycles. The molecule has 4 aromatic carbocycles. The van der Waals surface area contributed by atoms with Crippen molar-refractivity contribution in [3.8, 4) is 0 Å². The molecule has 7 nitrogen and oxygen atoms in total. The summed E-state index contributed by atoms with van der Waals surface area (Å²) in [5.74, 6) is 0. The average Bonchev–Trinajstić information content (AvgIpc) is 3.83. The van der Waals surface area contributed by atoms with Gasteiger partial charge in [-0.2, -0.15) is 8.42 Å².